The Kier molecular flexibility index (Phi) is 7.08. The molecule has 1 aromatic heterocycles. The molecule has 2 aromatic carbocycles. The van der Waals surface area contributed by atoms with Gasteiger partial charge in [-0.2, -0.15) is 0 Å². The highest BCUT2D eigenvalue weighted by molar-refractivity contribution is 9.11. The lowest BCUT2D eigenvalue weighted by molar-refractivity contribution is -0.118. The second kappa shape index (κ2) is 9.48. The lowest BCUT2D eigenvalue weighted by Gasteiger charge is -2.32. The average molecular weight is 606 g/mol. The second-order valence-corrected chi connectivity index (χ2v) is 12.1. The molecule has 0 N–H and O–H groups in total. The van der Waals surface area contributed by atoms with Crippen LogP contribution in [0.5, 0.6) is 0 Å². The molecule has 1 unspecified atom stereocenters. The molecule has 4 rings (SSSR count). The summed E-state index contributed by atoms with van der Waals surface area (Å²) in [4.78, 5) is 15.3. The fourth-order valence-corrected chi connectivity index (χ4v) is 8.03. The van der Waals surface area contributed by atoms with E-state index >= 15 is 0 Å². The molecule has 1 atom stereocenters. The molecule has 2 heterocycles. The Balaban J connectivity index is 1.87. The zero-order valence-corrected chi connectivity index (χ0v) is 21.7. The minimum atomic E-state index is -3.80. The third-order valence-corrected chi connectivity index (χ3v) is 9.14. The quantitative estimate of drug-likeness (QED) is 0.277. The fraction of sp³-hybridized carbons (Fsp3) is 0.190. The average Bonchev–Trinajstić information content (AvgIpc) is 3.11. The smallest absolute Gasteiger partial charge is 0.308 e. The van der Waals surface area contributed by atoms with E-state index in [-0.39, 0.29) is 13.2 Å². The van der Waals surface area contributed by atoms with Gasteiger partial charge in [-0.15, -0.1) is 11.3 Å². The standard InChI is InChI=1S/C21H17Br2ClNO4PS/c1-2-25(16-9-13(22)8-14(23)10-16)21(26)20(30(27)28-6-3-7-29-30)18-12-31-19-5-4-15(24)11-17(18)19/h2,4-5,8-12,20H,1,3,6-7H2. The molecular weight excluding hydrogens is 589 g/mol. The second-order valence-electron chi connectivity index (χ2n) is 6.81. The van der Waals surface area contributed by atoms with Gasteiger partial charge in [-0.1, -0.05) is 50.0 Å². The van der Waals surface area contributed by atoms with Gasteiger partial charge >= 0.3 is 7.60 Å². The predicted molar refractivity (Wildman–Crippen MR) is 133 cm³/mol. The highest BCUT2D eigenvalue weighted by atomic mass is 79.9. The zero-order chi connectivity index (χ0) is 22.2. The predicted octanol–water partition coefficient (Wildman–Crippen LogP) is 7.93. The summed E-state index contributed by atoms with van der Waals surface area (Å²) in [5.74, 6) is -0.454. The van der Waals surface area contributed by atoms with Gasteiger partial charge in [0, 0.05) is 24.9 Å². The van der Waals surface area contributed by atoms with Gasteiger partial charge in [0.1, 0.15) is 0 Å². The summed E-state index contributed by atoms with van der Waals surface area (Å²) in [7, 11) is -3.80. The Morgan fingerprint density at radius 3 is 2.52 bits per heavy atom. The van der Waals surface area contributed by atoms with Crippen molar-refractivity contribution in [2.24, 2.45) is 0 Å². The molecule has 1 amide bonds. The minimum absolute atomic E-state index is 0.264. The van der Waals surface area contributed by atoms with Crippen molar-refractivity contribution in [2.45, 2.75) is 12.1 Å². The molecule has 5 nitrogen and oxygen atoms in total. The fourth-order valence-electron chi connectivity index (χ4n) is 3.43. The van der Waals surface area contributed by atoms with Gasteiger partial charge in [0.25, 0.3) is 5.91 Å². The SMILES string of the molecule is C=CN(C(=O)C(c1csc2ccc(Cl)cc12)P1(=O)OCCCO1)c1cc(Br)cc(Br)c1. The van der Waals surface area contributed by atoms with Crippen LogP contribution in [0.1, 0.15) is 17.6 Å². The van der Waals surface area contributed by atoms with Gasteiger partial charge in [0.05, 0.1) is 18.9 Å². The molecule has 1 fully saturated rings. The van der Waals surface area contributed by atoms with Crippen LogP contribution >= 0.6 is 62.4 Å². The van der Waals surface area contributed by atoms with E-state index in [1.165, 1.54) is 22.4 Å². The number of carbonyl (C=O) groups excluding carboxylic acids is 1. The maximum Gasteiger partial charge on any atom is 0.347 e. The number of hydrogen-bond donors (Lipinski definition) is 0. The number of carbonyl (C=O) groups is 1. The van der Waals surface area contributed by atoms with E-state index < -0.39 is 19.2 Å². The highest BCUT2D eigenvalue weighted by Crippen LogP contribution is 2.64. The number of benzene rings is 2. The van der Waals surface area contributed by atoms with Crippen molar-refractivity contribution in [1.82, 2.24) is 0 Å². The van der Waals surface area contributed by atoms with Gasteiger partial charge in [0.15, 0.2) is 5.66 Å². The number of nitrogens with zero attached hydrogens (tertiary/aromatic N) is 1. The van der Waals surface area contributed by atoms with Crippen LogP contribution in [-0.4, -0.2) is 19.1 Å². The Hall–Kier alpha value is -0.990. The molecule has 0 spiro atoms. The number of thiophene rings is 1. The van der Waals surface area contributed by atoms with Crippen molar-refractivity contribution in [1.29, 1.82) is 0 Å². The first-order chi connectivity index (χ1) is 14.8. The van der Waals surface area contributed by atoms with E-state index in [4.69, 9.17) is 20.6 Å². The third kappa shape index (κ3) is 4.71. The summed E-state index contributed by atoms with van der Waals surface area (Å²) < 4.78 is 27.6. The van der Waals surface area contributed by atoms with Crippen molar-refractivity contribution in [2.75, 3.05) is 18.1 Å². The lowest BCUT2D eigenvalue weighted by atomic mass is 10.1. The van der Waals surface area contributed by atoms with Crippen LogP contribution in [0.15, 0.2) is 63.5 Å². The topological polar surface area (TPSA) is 55.8 Å². The molecule has 1 aliphatic heterocycles. The molecule has 0 bridgehead atoms. The van der Waals surface area contributed by atoms with Crippen molar-refractivity contribution in [3.05, 3.63) is 74.1 Å². The van der Waals surface area contributed by atoms with Crippen molar-refractivity contribution in [3.63, 3.8) is 0 Å². The first-order valence-corrected chi connectivity index (χ1v) is 13.7. The summed E-state index contributed by atoms with van der Waals surface area (Å²) >= 11 is 14.6. The van der Waals surface area contributed by atoms with Crippen molar-refractivity contribution in [3.8, 4) is 0 Å². The van der Waals surface area contributed by atoms with Crippen LogP contribution in [-0.2, 0) is 18.4 Å². The Morgan fingerprint density at radius 2 is 1.87 bits per heavy atom. The Bertz CT molecular complexity index is 1190. The number of hydrogen-bond acceptors (Lipinski definition) is 5. The summed E-state index contributed by atoms with van der Waals surface area (Å²) in [6, 6.07) is 10.9. The Morgan fingerprint density at radius 1 is 1.19 bits per heavy atom. The van der Waals surface area contributed by atoms with Crippen LogP contribution < -0.4 is 4.90 Å². The zero-order valence-electron chi connectivity index (χ0n) is 16.1. The van der Waals surface area contributed by atoms with Gasteiger partial charge in [-0.25, -0.2) is 0 Å². The van der Waals surface area contributed by atoms with Crippen LogP contribution in [0, 0.1) is 0 Å². The van der Waals surface area contributed by atoms with E-state index in [0.717, 1.165) is 19.0 Å². The van der Waals surface area contributed by atoms with Crippen LogP contribution in [0.2, 0.25) is 5.02 Å². The number of fused-ring (bicyclic) bond motifs is 1. The molecule has 162 valence electrons. The number of anilines is 1. The minimum Gasteiger partial charge on any atom is -0.308 e. The summed E-state index contributed by atoms with van der Waals surface area (Å²) in [6.07, 6.45) is 2.02. The number of rotatable bonds is 5. The molecule has 0 saturated carbocycles. The van der Waals surface area contributed by atoms with Gasteiger partial charge < -0.3 is 9.05 Å². The molecule has 3 aromatic rings. The maximum absolute atomic E-state index is 13.9. The van der Waals surface area contributed by atoms with Crippen LogP contribution in [0.3, 0.4) is 0 Å². The molecule has 1 aliphatic rings. The molecule has 31 heavy (non-hydrogen) atoms. The van der Waals surface area contributed by atoms with Crippen LogP contribution in [0.4, 0.5) is 5.69 Å². The molecule has 0 radical (unpaired) electrons. The molecule has 0 aliphatic carbocycles. The maximum atomic E-state index is 13.9. The van der Waals surface area contributed by atoms with E-state index in [1.807, 2.05) is 17.5 Å². The van der Waals surface area contributed by atoms with E-state index in [0.29, 0.717) is 22.7 Å². The molecule has 1 saturated heterocycles. The van der Waals surface area contributed by atoms with E-state index in [2.05, 4.69) is 38.4 Å². The number of amides is 1. The van der Waals surface area contributed by atoms with Gasteiger partial charge in [-0.3, -0.25) is 14.3 Å². The third-order valence-electron chi connectivity index (χ3n) is 4.79. The molecule has 10 heteroatoms. The Labute approximate surface area is 205 Å². The summed E-state index contributed by atoms with van der Waals surface area (Å²) in [5, 5.41) is 3.10. The van der Waals surface area contributed by atoms with Gasteiger partial charge in [-0.05, 0) is 59.1 Å². The highest BCUT2D eigenvalue weighted by Gasteiger charge is 2.47. The monoisotopic (exact) mass is 603 g/mol. The number of halogens is 3. The van der Waals surface area contributed by atoms with Crippen molar-refractivity contribution < 1.29 is 18.4 Å². The van der Waals surface area contributed by atoms with Crippen LogP contribution in [0.25, 0.3) is 10.1 Å². The largest absolute Gasteiger partial charge is 0.347 e. The molecular formula is C21H17Br2ClNO4PS. The van der Waals surface area contributed by atoms with Crippen molar-refractivity contribution >= 4 is 84.1 Å². The first-order valence-electron chi connectivity index (χ1n) is 9.29. The van der Waals surface area contributed by atoms with Gasteiger partial charge in [0.2, 0.25) is 0 Å². The lowest BCUT2D eigenvalue weighted by Crippen LogP contribution is -2.32. The van der Waals surface area contributed by atoms with E-state index in [1.54, 1.807) is 24.3 Å². The summed E-state index contributed by atoms with van der Waals surface area (Å²) in [5.41, 5.74) is -0.0261. The first kappa shape index (κ1) is 23.2. The normalized spacial score (nSPS) is 16.7. The van der Waals surface area contributed by atoms with E-state index in [9.17, 15) is 9.36 Å². The summed E-state index contributed by atoms with van der Waals surface area (Å²) in [6.45, 7) is 4.34.